The zero-order valence-electron chi connectivity index (χ0n) is 12.7. The Labute approximate surface area is 121 Å². The quantitative estimate of drug-likeness (QED) is 0.526. The van der Waals surface area contributed by atoms with Crippen molar-refractivity contribution in [1.29, 1.82) is 0 Å². The lowest BCUT2D eigenvalue weighted by Gasteiger charge is -2.10. The summed E-state index contributed by atoms with van der Waals surface area (Å²) in [4.78, 5) is 23.0. The highest BCUT2D eigenvalue weighted by atomic mass is 16.5. The molecule has 0 aliphatic heterocycles. The van der Waals surface area contributed by atoms with Gasteiger partial charge in [-0.05, 0) is 32.6 Å². The molecule has 1 aliphatic carbocycles. The zero-order chi connectivity index (χ0) is 14.8. The largest absolute Gasteiger partial charge is 0.379 e. The number of ether oxygens (including phenoxy) is 1. The summed E-state index contributed by atoms with van der Waals surface area (Å²) in [5, 5.41) is 5.29. The van der Waals surface area contributed by atoms with Crippen LogP contribution in [0.2, 0.25) is 0 Å². The van der Waals surface area contributed by atoms with Crippen LogP contribution in [0.15, 0.2) is 0 Å². The average Bonchev–Trinajstić information content (AvgIpc) is 2.90. The molecule has 1 fully saturated rings. The highest BCUT2D eigenvalue weighted by Crippen LogP contribution is 2.26. The molecule has 1 saturated carbocycles. The Morgan fingerprint density at radius 1 is 1.10 bits per heavy atom. The molecule has 1 aliphatic rings. The van der Waals surface area contributed by atoms with E-state index in [1.807, 2.05) is 13.8 Å². The van der Waals surface area contributed by atoms with Gasteiger partial charge in [0.15, 0.2) is 0 Å². The Morgan fingerprint density at radius 2 is 1.70 bits per heavy atom. The van der Waals surface area contributed by atoms with Gasteiger partial charge in [-0.15, -0.1) is 0 Å². The molecule has 0 radical (unpaired) electrons. The van der Waals surface area contributed by atoms with Crippen LogP contribution in [-0.2, 0) is 14.3 Å². The maximum atomic E-state index is 11.5. The van der Waals surface area contributed by atoms with Crippen molar-refractivity contribution in [3.05, 3.63) is 0 Å². The number of hydrogen-bond donors (Lipinski definition) is 2. The minimum absolute atomic E-state index is 0.199. The van der Waals surface area contributed by atoms with Gasteiger partial charge in [0.1, 0.15) is 0 Å². The van der Waals surface area contributed by atoms with Gasteiger partial charge < -0.3 is 15.4 Å². The third-order valence-corrected chi connectivity index (χ3v) is 3.58. The molecule has 0 bridgehead atoms. The van der Waals surface area contributed by atoms with Gasteiger partial charge in [0, 0.05) is 19.7 Å². The Kier molecular flexibility index (Phi) is 8.26. The number of rotatable bonds is 8. The first-order valence-electron chi connectivity index (χ1n) is 7.77. The van der Waals surface area contributed by atoms with Crippen LogP contribution in [0.1, 0.15) is 52.4 Å². The van der Waals surface area contributed by atoms with E-state index in [2.05, 4.69) is 10.6 Å². The van der Waals surface area contributed by atoms with Crippen molar-refractivity contribution in [3.8, 4) is 0 Å². The minimum atomic E-state index is -0.541. The maximum absolute atomic E-state index is 11.5. The molecule has 0 aromatic rings. The second kappa shape index (κ2) is 9.75. The molecule has 20 heavy (non-hydrogen) atoms. The fraction of sp³-hybridized carbons (Fsp3) is 0.867. The third-order valence-electron chi connectivity index (χ3n) is 3.58. The van der Waals surface area contributed by atoms with Crippen LogP contribution in [-0.4, -0.2) is 37.6 Å². The normalized spacial score (nSPS) is 15.6. The van der Waals surface area contributed by atoms with E-state index in [-0.39, 0.29) is 6.10 Å². The first-order chi connectivity index (χ1) is 9.59. The lowest BCUT2D eigenvalue weighted by molar-refractivity contribution is -0.139. The van der Waals surface area contributed by atoms with Crippen molar-refractivity contribution in [2.45, 2.75) is 58.5 Å². The monoisotopic (exact) mass is 284 g/mol. The fourth-order valence-corrected chi connectivity index (χ4v) is 2.44. The number of amides is 2. The Bertz CT molecular complexity index is 299. The van der Waals surface area contributed by atoms with E-state index in [4.69, 9.17) is 4.74 Å². The molecule has 1 rings (SSSR count). The van der Waals surface area contributed by atoms with Gasteiger partial charge >= 0.3 is 11.8 Å². The molecule has 0 heterocycles. The molecule has 0 aromatic heterocycles. The Balaban J connectivity index is 1.99. The van der Waals surface area contributed by atoms with E-state index in [0.717, 1.165) is 18.8 Å². The number of hydrogen-bond acceptors (Lipinski definition) is 3. The summed E-state index contributed by atoms with van der Waals surface area (Å²) in [5.41, 5.74) is 0. The first kappa shape index (κ1) is 17.0. The summed E-state index contributed by atoms with van der Waals surface area (Å²) >= 11 is 0. The SMILES string of the molecule is CC(C)OCCCNC(=O)C(=O)NCCC1CCCC1. The van der Waals surface area contributed by atoms with Crippen LogP contribution in [0.5, 0.6) is 0 Å². The fourth-order valence-electron chi connectivity index (χ4n) is 2.44. The second-order valence-electron chi connectivity index (χ2n) is 5.72. The molecule has 0 aromatic carbocycles. The second-order valence-corrected chi connectivity index (χ2v) is 5.72. The van der Waals surface area contributed by atoms with E-state index >= 15 is 0 Å². The third kappa shape index (κ3) is 7.48. The molecule has 5 nitrogen and oxygen atoms in total. The summed E-state index contributed by atoms with van der Waals surface area (Å²) in [6.45, 7) is 5.61. The highest BCUT2D eigenvalue weighted by molar-refractivity contribution is 6.35. The molecule has 0 spiro atoms. The van der Waals surface area contributed by atoms with Crippen LogP contribution >= 0.6 is 0 Å². The molecule has 0 saturated heterocycles. The summed E-state index contributed by atoms with van der Waals surface area (Å²) in [6, 6.07) is 0. The lowest BCUT2D eigenvalue weighted by Crippen LogP contribution is -2.41. The molecule has 116 valence electrons. The van der Waals surface area contributed by atoms with E-state index in [9.17, 15) is 9.59 Å². The molecule has 0 unspecified atom stereocenters. The molecule has 2 N–H and O–H groups in total. The highest BCUT2D eigenvalue weighted by Gasteiger charge is 2.16. The lowest BCUT2D eigenvalue weighted by atomic mass is 10.0. The Morgan fingerprint density at radius 3 is 2.30 bits per heavy atom. The molecule has 2 amide bonds. The van der Waals surface area contributed by atoms with Crippen molar-refractivity contribution in [1.82, 2.24) is 10.6 Å². The van der Waals surface area contributed by atoms with Gasteiger partial charge in [-0.25, -0.2) is 0 Å². The number of nitrogens with one attached hydrogen (secondary N) is 2. The first-order valence-corrected chi connectivity index (χ1v) is 7.77. The van der Waals surface area contributed by atoms with E-state index < -0.39 is 11.8 Å². The van der Waals surface area contributed by atoms with Gasteiger partial charge in [-0.3, -0.25) is 9.59 Å². The van der Waals surface area contributed by atoms with Crippen molar-refractivity contribution in [3.63, 3.8) is 0 Å². The van der Waals surface area contributed by atoms with Crippen molar-refractivity contribution in [2.75, 3.05) is 19.7 Å². The van der Waals surface area contributed by atoms with Crippen LogP contribution in [0.25, 0.3) is 0 Å². The van der Waals surface area contributed by atoms with Crippen LogP contribution in [0.3, 0.4) is 0 Å². The summed E-state index contributed by atoms with van der Waals surface area (Å²) in [5.74, 6) is -0.333. The Hall–Kier alpha value is -1.10. The van der Waals surface area contributed by atoms with Crippen LogP contribution in [0, 0.1) is 5.92 Å². The van der Waals surface area contributed by atoms with Crippen LogP contribution in [0.4, 0.5) is 0 Å². The van der Waals surface area contributed by atoms with Crippen molar-refractivity contribution < 1.29 is 14.3 Å². The standard InChI is InChI=1S/C15H28N2O3/c1-12(2)20-11-5-9-16-14(18)15(19)17-10-8-13-6-3-4-7-13/h12-13H,3-11H2,1-2H3,(H,16,18)(H,17,19). The van der Waals surface area contributed by atoms with Gasteiger partial charge in [-0.1, -0.05) is 25.7 Å². The number of carbonyl (C=O) groups is 2. The predicted octanol–water partition coefficient (Wildman–Crippen LogP) is 1.61. The van der Waals surface area contributed by atoms with Crippen LogP contribution < -0.4 is 10.6 Å². The molecule has 5 heteroatoms. The van der Waals surface area contributed by atoms with E-state index in [1.54, 1.807) is 0 Å². The predicted molar refractivity (Wildman–Crippen MR) is 78.3 cm³/mol. The van der Waals surface area contributed by atoms with Crippen molar-refractivity contribution >= 4 is 11.8 Å². The van der Waals surface area contributed by atoms with Gasteiger partial charge in [0.2, 0.25) is 0 Å². The smallest absolute Gasteiger partial charge is 0.309 e. The van der Waals surface area contributed by atoms with Crippen molar-refractivity contribution in [2.24, 2.45) is 5.92 Å². The molecular weight excluding hydrogens is 256 g/mol. The van der Waals surface area contributed by atoms with E-state index in [0.29, 0.717) is 19.7 Å². The minimum Gasteiger partial charge on any atom is -0.379 e. The summed E-state index contributed by atoms with van der Waals surface area (Å²) in [6.07, 6.45) is 7.04. The van der Waals surface area contributed by atoms with E-state index in [1.165, 1.54) is 25.7 Å². The van der Waals surface area contributed by atoms with Gasteiger partial charge in [0.05, 0.1) is 6.10 Å². The summed E-state index contributed by atoms with van der Waals surface area (Å²) < 4.78 is 5.35. The van der Waals surface area contributed by atoms with Gasteiger partial charge in [0.25, 0.3) is 0 Å². The maximum Gasteiger partial charge on any atom is 0.309 e. The molecule has 0 atom stereocenters. The van der Waals surface area contributed by atoms with Gasteiger partial charge in [-0.2, -0.15) is 0 Å². The number of carbonyl (C=O) groups excluding carboxylic acids is 2. The molecular formula is C15H28N2O3. The average molecular weight is 284 g/mol. The summed E-state index contributed by atoms with van der Waals surface area (Å²) in [7, 11) is 0. The zero-order valence-corrected chi connectivity index (χ0v) is 12.7. The topological polar surface area (TPSA) is 67.4 Å².